The number of hydrogen-bond acceptors (Lipinski definition) is 4. The van der Waals surface area contributed by atoms with Gasteiger partial charge < -0.3 is 4.74 Å². The quantitative estimate of drug-likeness (QED) is 0.150. The van der Waals surface area contributed by atoms with Crippen LogP contribution in [0, 0.1) is 0 Å². The van der Waals surface area contributed by atoms with Gasteiger partial charge in [0.2, 0.25) is 0 Å². The summed E-state index contributed by atoms with van der Waals surface area (Å²) in [6.45, 7) is 4.32. The topological polar surface area (TPSA) is 35.0 Å². The van der Waals surface area contributed by atoms with E-state index in [1.54, 1.807) is 11.3 Å². The highest BCUT2D eigenvalue weighted by Crippen LogP contribution is 2.63. The van der Waals surface area contributed by atoms with Crippen LogP contribution in [0.3, 0.4) is 0 Å². The Kier molecular flexibility index (Phi) is 9.22. The molecule has 1 aliphatic heterocycles. The highest BCUT2D eigenvalue weighted by atomic mass is 32.1. The minimum Gasteiger partial charge on any atom is -0.457 e. The van der Waals surface area contributed by atoms with Crippen LogP contribution in [-0.4, -0.2) is 9.97 Å². The van der Waals surface area contributed by atoms with Crippen LogP contribution >= 0.6 is 11.3 Å². The molecule has 67 heavy (non-hydrogen) atoms. The van der Waals surface area contributed by atoms with Gasteiger partial charge in [0.25, 0.3) is 0 Å². The molecule has 2 aromatic heterocycles. The Morgan fingerprint density at radius 2 is 1.28 bits per heavy atom. The summed E-state index contributed by atoms with van der Waals surface area (Å²) in [5, 5.41) is 3.60. The highest BCUT2D eigenvalue weighted by molar-refractivity contribution is 7.26. The van der Waals surface area contributed by atoms with Crippen molar-refractivity contribution >= 4 is 48.5 Å². The lowest BCUT2D eigenvalue weighted by Gasteiger charge is -2.39. The normalized spacial score (nSPS) is 14.4. The Hall–Kier alpha value is -8.18. The van der Waals surface area contributed by atoms with E-state index in [2.05, 4.69) is 207 Å². The van der Waals surface area contributed by atoms with E-state index in [4.69, 9.17) is 14.7 Å². The van der Waals surface area contributed by atoms with Gasteiger partial charge in [-0.2, -0.15) is 0 Å². The minimum absolute atomic E-state index is 0.580. The third-order valence-corrected chi connectivity index (χ3v) is 15.0. The molecule has 3 heterocycles. The van der Waals surface area contributed by atoms with Crippen LogP contribution in [0.1, 0.15) is 40.9 Å². The van der Waals surface area contributed by atoms with Crippen LogP contribution in [-0.2, 0) is 5.41 Å². The van der Waals surface area contributed by atoms with Crippen molar-refractivity contribution in [1.82, 2.24) is 9.97 Å². The molecule has 2 aliphatic carbocycles. The fourth-order valence-corrected chi connectivity index (χ4v) is 11.9. The predicted octanol–water partition coefficient (Wildman–Crippen LogP) is 16.9. The summed E-state index contributed by atoms with van der Waals surface area (Å²) in [6, 6.07) is 64.0. The number of thiophene rings is 1. The van der Waals surface area contributed by atoms with Gasteiger partial charge in [-0.1, -0.05) is 176 Å². The second-order valence-corrected chi connectivity index (χ2v) is 18.6. The zero-order valence-electron chi connectivity index (χ0n) is 36.6. The van der Waals surface area contributed by atoms with Crippen LogP contribution in [0.25, 0.3) is 81.8 Å². The van der Waals surface area contributed by atoms with E-state index in [0.717, 1.165) is 90.2 Å². The molecule has 3 nitrogen and oxygen atoms in total. The van der Waals surface area contributed by atoms with Crippen molar-refractivity contribution in [3.05, 3.63) is 258 Å². The lowest BCUT2D eigenvalue weighted by molar-refractivity contribution is 0.436. The number of hydrogen-bond donors (Lipinski definition) is 0. The number of rotatable bonds is 7. The smallest absolute Gasteiger partial charge is 0.153 e. The number of allylic oxidation sites excluding steroid dienone is 8. The Morgan fingerprint density at radius 3 is 2.10 bits per heavy atom. The van der Waals surface area contributed by atoms with Gasteiger partial charge in [0.1, 0.15) is 11.5 Å². The molecule has 0 N–H and O–H groups in total. The van der Waals surface area contributed by atoms with Gasteiger partial charge in [0.15, 0.2) is 5.82 Å². The monoisotopic (exact) mass is 874 g/mol. The Labute approximate surface area is 393 Å². The first-order valence-electron chi connectivity index (χ1n) is 23.0. The van der Waals surface area contributed by atoms with Crippen LogP contribution < -0.4 is 4.74 Å². The second kappa shape index (κ2) is 15.8. The molecule has 10 aromatic rings. The lowest BCUT2D eigenvalue weighted by Crippen LogP contribution is -2.32. The molecule has 8 aromatic carbocycles. The molecule has 0 radical (unpaired) electrons. The highest BCUT2D eigenvalue weighted by Gasteiger charge is 2.51. The summed E-state index contributed by atoms with van der Waals surface area (Å²) in [6.07, 6.45) is 16.7. The minimum atomic E-state index is -0.580. The molecular weight excluding hydrogens is 833 g/mol. The van der Waals surface area contributed by atoms with Gasteiger partial charge in [0, 0.05) is 26.8 Å². The summed E-state index contributed by atoms with van der Waals surface area (Å²) in [4.78, 5) is 10.5. The zero-order valence-corrected chi connectivity index (χ0v) is 37.4. The van der Waals surface area contributed by atoms with Crippen molar-refractivity contribution in [2.75, 3.05) is 0 Å². The maximum absolute atomic E-state index is 6.69. The van der Waals surface area contributed by atoms with Crippen molar-refractivity contribution < 1.29 is 4.74 Å². The molecule has 0 unspecified atom stereocenters. The molecule has 0 amide bonds. The maximum atomic E-state index is 6.69. The molecular formula is C63H42N2OS. The number of aromatic nitrogens is 2. The van der Waals surface area contributed by atoms with Crippen molar-refractivity contribution in [3.8, 4) is 56.1 Å². The van der Waals surface area contributed by atoms with Crippen molar-refractivity contribution in [2.45, 2.75) is 18.3 Å². The standard InChI is InChI=1S/C63H42N2OS/c1-40(41-19-3-2-4-20-41)18-5-16-33-59-64-60(62-61(65-59)50-27-10-15-32-58(50)67-62)49-26-9-8-25-47(49)46-24-17-23-42(36-46)45-34-35-48-51-37-43-21-6-7-22-44(43)38-55(51)63(54(48)39-45)52-28-11-13-30-56(52)66-57-31-14-12-29-53(57)63/h2-3,5-19,21-39H,1,4,20H2/b18-5-,33-16+. The molecule has 0 atom stereocenters. The first-order valence-corrected chi connectivity index (χ1v) is 23.8. The van der Waals surface area contributed by atoms with Crippen molar-refractivity contribution in [1.29, 1.82) is 0 Å². The molecule has 316 valence electrons. The number of fused-ring (bicyclic) bond motifs is 13. The largest absolute Gasteiger partial charge is 0.457 e. The maximum Gasteiger partial charge on any atom is 0.153 e. The predicted molar refractivity (Wildman–Crippen MR) is 280 cm³/mol. The summed E-state index contributed by atoms with van der Waals surface area (Å²) in [5.41, 5.74) is 16.6. The number of ether oxygens (including phenoxy) is 1. The van der Waals surface area contributed by atoms with Crippen LogP contribution in [0.15, 0.2) is 230 Å². The first kappa shape index (κ1) is 39.2. The number of benzene rings is 8. The average Bonchev–Trinajstić information content (AvgIpc) is 3.90. The van der Waals surface area contributed by atoms with E-state index in [1.165, 1.54) is 43.3 Å². The summed E-state index contributed by atoms with van der Waals surface area (Å²) < 4.78 is 8.97. The van der Waals surface area contributed by atoms with Gasteiger partial charge in [0.05, 0.1) is 21.3 Å². The Balaban J connectivity index is 0.947. The zero-order chi connectivity index (χ0) is 44.5. The van der Waals surface area contributed by atoms with E-state index in [1.807, 2.05) is 18.2 Å². The van der Waals surface area contributed by atoms with Crippen LogP contribution in [0.5, 0.6) is 11.5 Å². The second-order valence-electron chi connectivity index (χ2n) is 17.6. The third kappa shape index (κ3) is 6.32. The van der Waals surface area contributed by atoms with Gasteiger partial charge in [-0.15, -0.1) is 11.3 Å². The van der Waals surface area contributed by atoms with E-state index >= 15 is 0 Å². The first-order chi connectivity index (χ1) is 33.1. The molecule has 0 saturated heterocycles. The Bertz CT molecular complexity index is 3780. The summed E-state index contributed by atoms with van der Waals surface area (Å²) >= 11 is 1.76. The fourth-order valence-electron chi connectivity index (χ4n) is 10.7. The molecule has 1 spiro atoms. The number of nitrogens with zero attached hydrogens (tertiary/aromatic N) is 2. The molecule has 0 fully saturated rings. The van der Waals surface area contributed by atoms with E-state index < -0.39 is 5.41 Å². The van der Waals surface area contributed by atoms with E-state index in [-0.39, 0.29) is 0 Å². The number of para-hydroxylation sites is 2. The van der Waals surface area contributed by atoms with Gasteiger partial charge in [-0.3, -0.25) is 0 Å². The van der Waals surface area contributed by atoms with Crippen LogP contribution in [0.2, 0.25) is 0 Å². The summed E-state index contributed by atoms with van der Waals surface area (Å²) in [5.74, 6) is 2.45. The Morgan fingerprint density at radius 1 is 0.582 bits per heavy atom. The van der Waals surface area contributed by atoms with Crippen molar-refractivity contribution in [3.63, 3.8) is 0 Å². The third-order valence-electron chi connectivity index (χ3n) is 13.8. The SMILES string of the molecule is C=C(/C=C\C=C\c1nc(-c2ccccc2-c2cccc(-c3ccc4c(c3)C3(c5ccccc5Oc5ccccc53)c3cc5ccccc5cc3-4)c2)c2sc3ccccc3c2n1)C1=CC=CCC1. The molecule has 4 heteroatoms. The van der Waals surface area contributed by atoms with Crippen LogP contribution in [0.4, 0.5) is 0 Å². The van der Waals surface area contributed by atoms with Gasteiger partial charge >= 0.3 is 0 Å². The summed E-state index contributed by atoms with van der Waals surface area (Å²) in [7, 11) is 0. The van der Waals surface area contributed by atoms with E-state index in [0.29, 0.717) is 5.82 Å². The molecule has 13 rings (SSSR count). The van der Waals surface area contributed by atoms with Crippen molar-refractivity contribution in [2.24, 2.45) is 0 Å². The fraction of sp³-hybridized carbons (Fsp3) is 0.0476. The average molecular weight is 875 g/mol. The lowest BCUT2D eigenvalue weighted by atomic mass is 9.65. The molecule has 0 saturated carbocycles. The molecule has 0 bridgehead atoms. The van der Waals surface area contributed by atoms with Gasteiger partial charge in [-0.25, -0.2) is 9.97 Å². The van der Waals surface area contributed by atoms with Gasteiger partial charge in [-0.05, 0) is 128 Å². The van der Waals surface area contributed by atoms with E-state index in [9.17, 15) is 0 Å². The molecule has 3 aliphatic rings.